The molecule has 34 heavy (non-hydrogen) atoms. The minimum absolute atomic E-state index is 0.249. The molecule has 2 rings (SSSR count). The monoisotopic (exact) mass is 496 g/mol. The van der Waals surface area contributed by atoms with Crippen LogP contribution in [0.5, 0.6) is 0 Å². The molecule has 0 saturated carbocycles. The second-order valence-electron chi connectivity index (χ2n) is 8.85. The number of alkyl halides is 9. The van der Waals surface area contributed by atoms with Crippen LogP contribution in [0, 0.1) is 6.92 Å². The normalized spacial score (nSPS) is 14.3. The summed E-state index contributed by atoms with van der Waals surface area (Å²) in [5.41, 5.74) is -0.776. The zero-order valence-corrected chi connectivity index (χ0v) is 18.5. The highest BCUT2D eigenvalue weighted by atomic mass is 19.4. The maximum atomic E-state index is 14.4. The maximum absolute atomic E-state index is 14.4. The van der Waals surface area contributed by atoms with E-state index in [4.69, 9.17) is 0 Å². The molecule has 10 heteroatoms. The van der Waals surface area contributed by atoms with E-state index in [2.05, 4.69) is 0 Å². The Morgan fingerprint density at radius 2 is 1.12 bits per heavy atom. The molecular formula is C24H21F9O. The molecule has 2 aromatic carbocycles. The van der Waals surface area contributed by atoms with Crippen molar-refractivity contribution in [3.63, 3.8) is 0 Å². The molecule has 0 atom stereocenters. The largest absolute Gasteiger partial charge is 0.460 e. The van der Waals surface area contributed by atoms with E-state index in [1.54, 1.807) is 6.92 Å². The highest BCUT2D eigenvalue weighted by Gasteiger charge is 2.81. The molecule has 0 radical (unpaired) electrons. The molecule has 0 N–H and O–H groups in total. The van der Waals surface area contributed by atoms with Crippen LogP contribution in [0.15, 0.2) is 54.6 Å². The number of Topliss-reactive ketones (excluding diaryl/α,β-unsaturated/α-hetero) is 1. The van der Waals surface area contributed by atoms with Crippen molar-refractivity contribution in [1.29, 1.82) is 0 Å². The Morgan fingerprint density at radius 3 is 1.53 bits per heavy atom. The summed E-state index contributed by atoms with van der Waals surface area (Å²) < 4.78 is 121. The van der Waals surface area contributed by atoms with Gasteiger partial charge in [0, 0.05) is 17.2 Å². The van der Waals surface area contributed by atoms with E-state index in [9.17, 15) is 44.3 Å². The highest BCUT2D eigenvalue weighted by Crippen LogP contribution is 2.54. The SMILES string of the molecule is Cc1ccc(/C(=C\C(F)(F)C(F)(F)C(F)(F)C(F)(F)F)C(=O)c2ccc(C(C)(C)C)cc2)cc1. The van der Waals surface area contributed by atoms with E-state index in [0.717, 1.165) is 17.7 Å². The van der Waals surface area contributed by atoms with E-state index < -0.39 is 41.4 Å². The quantitative estimate of drug-likeness (QED) is 0.225. The lowest BCUT2D eigenvalue weighted by Gasteiger charge is -2.32. The van der Waals surface area contributed by atoms with Gasteiger partial charge in [-0.1, -0.05) is 74.9 Å². The Hall–Kier alpha value is -2.78. The summed E-state index contributed by atoms with van der Waals surface area (Å²) in [6.45, 7) is 7.15. The lowest BCUT2D eigenvalue weighted by molar-refractivity contribution is -0.388. The average molecular weight is 496 g/mol. The first kappa shape index (κ1) is 27.5. The molecule has 0 aliphatic carbocycles. The van der Waals surface area contributed by atoms with E-state index in [1.807, 2.05) is 20.8 Å². The molecule has 2 aromatic rings. The maximum Gasteiger partial charge on any atom is 0.460 e. The van der Waals surface area contributed by atoms with Gasteiger partial charge in [0.25, 0.3) is 0 Å². The molecule has 0 bridgehead atoms. The van der Waals surface area contributed by atoms with Crippen LogP contribution in [0.3, 0.4) is 0 Å². The highest BCUT2D eigenvalue weighted by molar-refractivity contribution is 6.29. The van der Waals surface area contributed by atoms with Crippen LogP contribution in [0.25, 0.3) is 5.57 Å². The summed E-state index contributed by atoms with van der Waals surface area (Å²) in [4.78, 5) is 13.0. The number of carbonyl (C=O) groups excluding carboxylic acids is 1. The molecule has 0 aliphatic heterocycles. The van der Waals surface area contributed by atoms with Gasteiger partial charge in [0.1, 0.15) is 0 Å². The van der Waals surface area contributed by atoms with Crippen molar-refractivity contribution >= 4 is 11.4 Å². The number of allylic oxidation sites excluding steroid dienone is 2. The number of hydrogen-bond acceptors (Lipinski definition) is 1. The van der Waals surface area contributed by atoms with Gasteiger partial charge in [-0.25, -0.2) is 0 Å². The molecule has 0 aromatic heterocycles. The van der Waals surface area contributed by atoms with Crippen LogP contribution in [0.2, 0.25) is 0 Å². The number of carbonyl (C=O) groups is 1. The van der Waals surface area contributed by atoms with Gasteiger partial charge in [-0.15, -0.1) is 0 Å². The summed E-state index contributed by atoms with van der Waals surface area (Å²) in [6, 6.07) is 10.3. The van der Waals surface area contributed by atoms with Gasteiger partial charge in [0.2, 0.25) is 0 Å². The van der Waals surface area contributed by atoms with Crippen LogP contribution in [0.1, 0.15) is 47.8 Å². The fraction of sp³-hybridized carbons (Fsp3) is 0.375. The molecule has 0 saturated heterocycles. The average Bonchev–Trinajstić information content (AvgIpc) is 2.70. The predicted octanol–water partition coefficient (Wildman–Crippen LogP) is 8.03. The number of rotatable bonds is 6. The number of aryl methyl sites for hydroxylation is 1. The number of ketones is 1. The zero-order chi connectivity index (χ0) is 26.3. The van der Waals surface area contributed by atoms with Gasteiger partial charge in [0.15, 0.2) is 5.78 Å². The van der Waals surface area contributed by atoms with Crippen molar-refractivity contribution in [3.05, 3.63) is 76.9 Å². The fourth-order valence-corrected chi connectivity index (χ4v) is 2.95. The van der Waals surface area contributed by atoms with Crippen molar-refractivity contribution in [1.82, 2.24) is 0 Å². The van der Waals surface area contributed by atoms with E-state index in [1.165, 1.54) is 36.4 Å². The summed E-state index contributed by atoms with van der Waals surface area (Å²) in [5.74, 6) is -21.2. The summed E-state index contributed by atoms with van der Waals surface area (Å²) >= 11 is 0. The summed E-state index contributed by atoms with van der Waals surface area (Å²) in [5, 5.41) is 0. The molecule has 1 nitrogen and oxygen atoms in total. The minimum Gasteiger partial charge on any atom is -0.289 e. The minimum atomic E-state index is -7.06. The Labute approximate surface area is 190 Å². The van der Waals surface area contributed by atoms with Crippen LogP contribution in [0.4, 0.5) is 39.5 Å². The van der Waals surface area contributed by atoms with Gasteiger partial charge >= 0.3 is 23.9 Å². The first-order valence-corrected chi connectivity index (χ1v) is 9.88. The molecule has 186 valence electrons. The fourth-order valence-electron chi connectivity index (χ4n) is 2.95. The van der Waals surface area contributed by atoms with Crippen molar-refractivity contribution in [2.75, 3.05) is 0 Å². The molecule has 0 amide bonds. The summed E-state index contributed by atoms with van der Waals surface area (Å²) in [7, 11) is 0. The van der Waals surface area contributed by atoms with E-state index in [0.29, 0.717) is 5.56 Å². The summed E-state index contributed by atoms with van der Waals surface area (Å²) in [6.07, 6.45) is -7.78. The van der Waals surface area contributed by atoms with Crippen LogP contribution in [-0.2, 0) is 5.41 Å². The lowest BCUT2D eigenvalue weighted by atomic mass is 9.85. The Morgan fingerprint density at radius 1 is 0.676 bits per heavy atom. The Balaban J connectivity index is 2.67. The first-order chi connectivity index (χ1) is 15.2. The topological polar surface area (TPSA) is 17.1 Å². The smallest absolute Gasteiger partial charge is 0.289 e. The third-order valence-corrected chi connectivity index (χ3v) is 5.11. The van der Waals surface area contributed by atoms with Gasteiger partial charge in [0.05, 0.1) is 0 Å². The van der Waals surface area contributed by atoms with Gasteiger partial charge in [-0.2, -0.15) is 39.5 Å². The second-order valence-corrected chi connectivity index (χ2v) is 8.85. The number of halogens is 9. The molecule has 0 spiro atoms. The predicted molar refractivity (Wildman–Crippen MR) is 110 cm³/mol. The number of benzene rings is 2. The van der Waals surface area contributed by atoms with Gasteiger partial charge in [-0.05, 0) is 23.5 Å². The molecule has 0 heterocycles. The standard InChI is InChI=1S/C24H21F9O/c1-14-5-7-15(8-6-14)18(19(34)16-9-11-17(12-10-16)20(2,3)4)13-21(25,26)22(27,28)23(29,30)24(31,32)33/h5-13H,1-4H3/b18-13+. The van der Waals surface area contributed by atoms with Gasteiger partial charge in [-0.3, -0.25) is 4.79 Å². The third kappa shape index (κ3) is 5.15. The van der Waals surface area contributed by atoms with Crippen LogP contribution >= 0.6 is 0 Å². The molecule has 0 unspecified atom stereocenters. The van der Waals surface area contributed by atoms with Crippen LogP contribution < -0.4 is 0 Å². The zero-order valence-electron chi connectivity index (χ0n) is 18.5. The van der Waals surface area contributed by atoms with Crippen molar-refractivity contribution < 1.29 is 44.3 Å². The molecular weight excluding hydrogens is 475 g/mol. The van der Waals surface area contributed by atoms with E-state index in [-0.39, 0.29) is 16.5 Å². The third-order valence-electron chi connectivity index (χ3n) is 5.11. The Kier molecular flexibility index (Phi) is 7.09. The van der Waals surface area contributed by atoms with Crippen molar-refractivity contribution in [2.45, 2.75) is 57.1 Å². The molecule has 0 fully saturated rings. The Bertz CT molecular complexity index is 1060. The number of hydrogen-bond donors (Lipinski definition) is 0. The van der Waals surface area contributed by atoms with Crippen molar-refractivity contribution in [2.24, 2.45) is 0 Å². The molecule has 0 aliphatic rings. The van der Waals surface area contributed by atoms with Crippen LogP contribution in [-0.4, -0.2) is 29.7 Å². The van der Waals surface area contributed by atoms with Crippen molar-refractivity contribution in [3.8, 4) is 0 Å². The van der Waals surface area contributed by atoms with E-state index >= 15 is 0 Å². The van der Waals surface area contributed by atoms with Gasteiger partial charge < -0.3 is 0 Å². The second kappa shape index (κ2) is 8.78. The lowest BCUT2D eigenvalue weighted by Crippen LogP contribution is -2.60. The first-order valence-electron chi connectivity index (χ1n) is 9.88.